The van der Waals surface area contributed by atoms with Crippen LogP contribution in [0.3, 0.4) is 0 Å². The van der Waals surface area contributed by atoms with E-state index in [1.54, 1.807) is 0 Å². The van der Waals surface area contributed by atoms with E-state index in [0.29, 0.717) is 6.07 Å². The lowest BCUT2D eigenvalue weighted by atomic mass is 10.1. The quantitative estimate of drug-likeness (QED) is 0.419. The van der Waals surface area contributed by atoms with Gasteiger partial charge in [0.05, 0.1) is 11.0 Å². The molecule has 0 aliphatic heterocycles. The van der Waals surface area contributed by atoms with Crippen LogP contribution in [0.25, 0.3) is 0 Å². The first-order chi connectivity index (χ1) is 13.3. The number of nitro groups is 1. The predicted octanol–water partition coefficient (Wildman–Crippen LogP) is 2.67. The lowest BCUT2D eigenvalue weighted by Gasteiger charge is -2.15. The molecule has 0 radical (unpaired) electrons. The van der Waals surface area contributed by atoms with Crippen molar-refractivity contribution < 1.29 is 32.8 Å². The monoisotopic (exact) mass is 394 g/mol. The Morgan fingerprint density at radius 3 is 2.57 bits per heavy atom. The van der Waals surface area contributed by atoms with Gasteiger partial charge in [0.2, 0.25) is 0 Å². The zero-order valence-corrected chi connectivity index (χ0v) is 14.7. The third-order valence-electron chi connectivity index (χ3n) is 3.58. The third-order valence-corrected chi connectivity index (χ3v) is 3.58. The molecule has 0 fully saturated rings. The van der Waals surface area contributed by atoms with Crippen molar-refractivity contribution >= 4 is 17.6 Å². The Morgan fingerprint density at radius 1 is 1.18 bits per heavy atom. The van der Waals surface area contributed by atoms with Gasteiger partial charge in [0.25, 0.3) is 5.91 Å². The van der Waals surface area contributed by atoms with E-state index in [1.165, 1.54) is 37.3 Å². The van der Waals surface area contributed by atoms with Crippen LogP contribution in [0.5, 0.6) is 5.75 Å². The molecule has 1 atom stereocenters. The molecule has 0 unspecified atom stereocenters. The average molecular weight is 394 g/mol. The van der Waals surface area contributed by atoms with Crippen molar-refractivity contribution in [1.29, 1.82) is 0 Å². The first-order valence-electron chi connectivity index (χ1n) is 8.04. The van der Waals surface area contributed by atoms with E-state index >= 15 is 0 Å². The number of carbonyl (C=O) groups excluding carboxylic acids is 2. The molecule has 2 rings (SSSR count). The van der Waals surface area contributed by atoms with Crippen molar-refractivity contribution in [2.45, 2.75) is 13.0 Å². The van der Waals surface area contributed by atoms with E-state index in [9.17, 15) is 28.5 Å². The number of nitro benzene ring substituents is 1. The Hall–Kier alpha value is -3.56. The molecule has 8 nitrogen and oxygen atoms in total. The number of halogens is 2. The lowest BCUT2D eigenvalue weighted by molar-refractivity contribution is -0.385. The summed E-state index contributed by atoms with van der Waals surface area (Å²) in [4.78, 5) is 33.7. The van der Waals surface area contributed by atoms with E-state index in [0.717, 1.165) is 6.07 Å². The van der Waals surface area contributed by atoms with Gasteiger partial charge < -0.3 is 14.8 Å². The second-order valence-corrected chi connectivity index (χ2v) is 5.63. The molecule has 10 heteroatoms. The highest BCUT2D eigenvalue weighted by molar-refractivity contribution is 5.81. The van der Waals surface area contributed by atoms with Crippen molar-refractivity contribution in [2.24, 2.45) is 0 Å². The molecular weight excluding hydrogens is 378 g/mol. The topological polar surface area (TPSA) is 108 Å². The highest BCUT2D eigenvalue weighted by Crippen LogP contribution is 2.25. The highest BCUT2D eigenvalue weighted by Gasteiger charge is 2.17. The maximum absolute atomic E-state index is 13.7. The zero-order chi connectivity index (χ0) is 20.7. The summed E-state index contributed by atoms with van der Waals surface area (Å²) >= 11 is 0. The Balaban J connectivity index is 1.81. The van der Waals surface area contributed by atoms with Gasteiger partial charge in [0.1, 0.15) is 11.6 Å². The zero-order valence-electron chi connectivity index (χ0n) is 14.7. The molecule has 0 aromatic heterocycles. The molecule has 0 saturated heterocycles. The predicted molar refractivity (Wildman–Crippen MR) is 92.5 cm³/mol. The maximum Gasteiger partial charge on any atom is 0.344 e. The molecular formula is C18H16F2N2O6. The van der Waals surface area contributed by atoms with Gasteiger partial charge in [-0.25, -0.2) is 13.6 Å². The number of rotatable bonds is 8. The van der Waals surface area contributed by atoms with Crippen LogP contribution in [-0.4, -0.2) is 30.0 Å². The van der Waals surface area contributed by atoms with Gasteiger partial charge in [-0.1, -0.05) is 18.2 Å². The molecule has 0 saturated carbocycles. The first-order valence-corrected chi connectivity index (χ1v) is 8.04. The Kier molecular flexibility index (Phi) is 6.96. The largest absolute Gasteiger partial charge is 0.475 e. The molecule has 2 aromatic carbocycles. The van der Waals surface area contributed by atoms with Crippen LogP contribution in [0, 0.1) is 21.7 Å². The molecule has 0 bridgehead atoms. The standard InChI is InChI=1S/C18H16F2N2O6/c1-11(13-7-6-12(19)8-14(13)20)21-17(23)9-28-18(24)10-27-16-5-3-2-4-15(16)22(25)26/h2-8,11H,9-10H2,1H3,(H,21,23)/t11-/m1/s1. The van der Waals surface area contributed by atoms with Crippen LogP contribution in [0.15, 0.2) is 42.5 Å². The number of carbonyl (C=O) groups is 2. The molecule has 0 spiro atoms. The summed E-state index contributed by atoms with van der Waals surface area (Å²) in [6.07, 6.45) is 0. The fourth-order valence-corrected chi connectivity index (χ4v) is 2.27. The summed E-state index contributed by atoms with van der Waals surface area (Å²) in [7, 11) is 0. The van der Waals surface area contributed by atoms with Crippen molar-refractivity contribution in [1.82, 2.24) is 5.32 Å². The number of esters is 1. The highest BCUT2D eigenvalue weighted by atomic mass is 19.1. The summed E-state index contributed by atoms with van der Waals surface area (Å²) in [6.45, 7) is 0.181. The fourth-order valence-electron chi connectivity index (χ4n) is 2.27. The minimum Gasteiger partial charge on any atom is -0.475 e. The van der Waals surface area contributed by atoms with E-state index in [2.05, 4.69) is 5.32 Å². The molecule has 28 heavy (non-hydrogen) atoms. The third kappa shape index (κ3) is 5.73. The Morgan fingerprint density at radius 2 is 1.89 bits per heavy atom. The van der Waals surface area contributed by atoms with Gasteiger partial charge >= 0.3 is 11.7 Å². The summed E-state index contributed by atoms with van der Waals surface area (Å²) in [5.41, 5.74) is -0.246. The minimum absolute atomic E-state index is 0.0702. The van der Waals surface area contributed by atoms with Gasteiger partial charge in [-0.05, 0) is 19.1 Å². The van der Waals surface area contributed by atoms with Gasteiger partial charge in [0.15, 0.2) is 19.0 Å². The number of ether oxygens (including phenoxy) is 2. The van der Waals surface area contributed by atoms with E-state index < -0.39 is 47.7 Å². The number of nitrogens with one attached hydrogen (secondary N) is 1. The van der Waals surface area contributed by atoms with Crippen molar-refractivity contribution in [3.8, 4) is 5.75 Å². The molecule has 0 aliphatic rings. The van der Waals surface area contributed by atoms with E-state index in [1.807, 2.05) is 0 Å². The number of hydrogen-bond acceptors (Lipinski definition) is 6. The van der Waals surface area contributed by atoms with Gasteiger partial charge in [0, 0.05) is 17.7 Å². The smallest absolute Gasteiger partial charge is 0.344 e. The van der Waals surface area contributed by atoms with Gasteiger partial charge in [-0.2, -0.15) is 0 Å². The molecule has 2 aromatic rings. The first kappa shape index (κ1) is 20.7. The second kappa shape index (κ2) is 9.40. The number of amides is 1. The van der Waals surface area contributed by atoms with E-state index in [-0.39, 0.29) is 17.0 Å². The number of hydrogen-bond donors (Lipinski definition) is 1. The van der Waals surface area contributed by atoms with Crippen LogP contribution >= 0.6 is 0 Å². The lowest BCUT2D eigenvalue weighted by Crippen LogP contribution is -2.32. The number of para-hydroxylation sites is 2. The number of benzene rings is 2. The van der Waals surface area contributed by atoms with Crippen LogP contribution in [0.2, 0.25) is 0 Å². The minimum atomic E-state index is -0.922. The molecule has 148 valence electrons. The van der Waals surface area contributed by atoms with Crippen LogP contribution in [-0.2, 0) is 14.3 Å². The normalized spacial score (nSPS) is 11.4. The average Bonchev–Trinajstić information content (AvgIpc) is 2.64. The summed E-state index contributed by atoms with van der Waals surface area (Å²) in [5, 5.41) is 13.3. The summed E-state index contributed by atoms with van der Waals surface area (Å²) in [5.74, 6) is -3.31. The van der Waals surface area contributed by atoms with Gasteiger partial charge in [-0.15, -0.1) is 0 Å². The Bertz CT molecular complexity index is 890. The number of nitrogens with zero attached hydrogens (tertiary/aromatic N) is 1. The summed E-state index contributed by atoms with van der Waals surface area (Å²) < 4.78 is 36.3. The SMILES string of the molecule is C[C@@H](NC(=O)COC(=O)COc1ccccc1[N+](=O)[O-])c1ccc(F)cc1F. The van der Waals surface area contributed by atoms with Crippen molar-refractivity contribution in [3.05, 3.63) is 69.8 Å². The Labute approximate surface area is 158 Å². The van der Waals surface area contributed by atoms with Crippen LogP contribution in [0.1, 0.15) is 18.5 Å². The fraction of sp³-hybridized carbons (Fsp3) is 0.222. The molecule has 1 N–H and O–H groups in total. The van der Waals surface area contributed by atoms with E-state index in [4.69, 9.17) is 9.47 Å². The second-order valence-electron chi connectivity index (χ2n) is 5.63. The molecule has 1 amide bonds. The van der Waals surface area contributed by atoms with Crippen molar-refractivity contribution in [2.75, 3.05) is 13.2 Å². The molecule has 0 heterocycles. The van der Waals surface area contributed by atoms with Crippen LogP contribution < -0.4 is 10.1 Å². The summed E-state index contributed by atoms with van der Waals surface area (Å²) in [6, 6.07) is 7.63. The van der Waals surface area contributed by atoms with Crippen molar-refractivity contribution in [3.63, 3.8) is 0 Å². The van der Waals surface area contributed by atoms with Crippen LogP contribution in [0.4, 0.5) is 14.5 Å². The molecule has 0 aliphatic carbocycles. The van der Waals surface area contributed by atoms with Gasteiger partial charge in [-0.3, -0.25) is 14.9 Å². The maximum atomic E-state index is 13.7.